The van der Waals surface area contributed by atoms with E-state index in [0.717, 1.165) is 16.7 Å². The molecule has 2 aliphatic heterocycles. The highest BCUT2D eigenvalue weighted by molar-refractivity contribution is 8.18. The molecule has 2 aromatic carbocycles. The average Bonchev–Trinajstić information content (AvgIpc) is 2.95. The number of thioether (sulfide) groups is 1. The second-order valence-electron chi connectivity index (χ2n) is 6.27. The maximum atomic E-state index is 12.5. The van der Waals surface area contributed by atoms with Gasteiger partial charge in [0.05, 0.1) is 4.91 Å². The van der Waals surface area contributed by atoms with E-state index in [1.165, 1.54) is 18.2 Å². The monoisotopic (exact) mass is 412 g/mol. The Kier molecular flexibility index (Phi) is 5.13. The minimum atomic E-state index is -0.555. The first-order valence-electron chi connectivity index (χ1n) is 8.73. The summed E-state index contributed by atoms with van der Waals surface area (Å²) in [5, 5.41) is 11.6. The van der Waals surface area contributed by atoms with Crippen molar-refractivity contribution in [1.29, 1.82) is 0 Å². The molecule has 2 aliphatic rings. The van der Waals surface area contributed by atoms with Gasteiger partial charge in [-0.05, 0) is 47.7 Å². The first-order valence-corrected chi connectivity index (χ1v) is 9.55. The molecule has 29 heavy (non-hydrogen) atoms. The molecule has 0 aromatic heterocycles. The van der Waals surface area contributed by atoms with Gasteiger partial charge in [0, 0.05) is 11.8 Å². The van der Waals surface area contributed by atoms with Crippen molar-refractivity contribution in [2.24, 2.45) is 0 Å². The van der Waals surface area contributed by atoms with Gasteiger partial charge in [-0.2, -0.15) is 0 Å². The Morgan fingerprint density at radius 3 is 2.72 bits per heavy atom. The third kappa shape index (κ3) is 4.19. The van der Waals surface area contributed by atoms with E-state index in [-0.39, 0.29) is 10.7 Å². The summed E-state index contributed by atoms with van der Waals surface area (Å²) in [6.07, 6.45) is 1.50. The fraction of sp³-hybridized carbons (Fsp3) is 0.150. The summed E-state index contributed by atoms with van der Waals surface area (Å²) in [5.74, 6) is 0.103. The Morgan fingerprint density at radius 1 is 1.14 bits per heavy atom. The maximum absolute atomic E-state index is 12.5. The molecular weight excluding hydrogens is 396 g/mol. The summed E-state index contributed by atoms with van der Waals surface area (Å²) in [4.78, 5) is 38.1. The van der Waals surface area contributed by atoms with E-state index < -0.39 is 23.6 Å². The quantitative estimate of drug-likeness (QED) is 0.744. The summed E-state index contributed by atoms with van der Waals surface area (Å²) < 4.78 is 10.9. The normalized spacial score (nSPS) is 17.0. The lowest BCUT2D eigenvalue weighted by molar-refractivity contribution is -0.127. The van der Waals surface area contributed by atoms with Gasteiger partial charge in [0.25, 0.3) is 11.1 Å². The van der Waals surface area contributed by atoms with E-state index in [0.29, 0.717) is 36.0 Å². The third-order valence-electron chi connectivity index (χ3n) is 4.17. The van der Waals surface area contributed by atoms with Crippen LogP contribution in [0.3, 0.4) is 0 Å². The van der Waals surface area contributed by atoms with Gasteiger partial charge in [0.1, 0.15) is 25.5 Å². The molecule has 3 amide bonds. The third-order valence-corrected chi connectivity index (χ3v) is 5.08. The molecule has 0 unspecified atom stereocenters. The van der Waals surface area contributed by atoms with Crippen LogP contribution in [0.4, 0.5) is 10.5 Å². The van der Waals surface area contributed by atoms with Crippen LogP contribution in [-0.4, -0.2) is 46.8 Å². The van der Waals surface area contributed by atoms with Crippen LogP contribution in [0.25, 0.3) is 6.08 Å². The number of amides is 3. The molecule has 2 aromatic rings. The highest BCUT2D eigenvalue weighted by Gasteiger charge is 2.36. The number of nitrogens with zero attached hydrogens (tertiary/aromatic N) is 1. The van der Waals surface area contributed by atoms with Crippen LogP contribution < -0.4 is 14.8 Å². The molecule has 148 valence electrons. The number of phenolic OH excluding ortho intramolecular Hbond substituents is 1. The number of carbonyl (C=O) groups is 3. The summed E-state index contributed by atoms with van der Waals surface area (Å²) >= 11 is 0.750. The predicted molar refractivity (Wildman–Crippen MR) is 107 cm³/mol. The van der Waals surface area contributed by atoms with Crippen LogP contribution in [0.1, 0.15) is 5.56 Å². The van der Waals surface area contributed by atoms with Crippen LogP contribution in [0.15, 0.2) is 47.4 Å². The van der Waals surface area contributed by atoms with Crippen LogP contribution >= 0.6 is 11.8 Å². The van der Waals surface area contributed by atoms with Crippen LogP contribution in [0.5, 0.6) is 17.2 Å². The van der Waals surface area contributed by atoms with Crippen LogP contribution in [0, 0.1) is 0 Å². The standard InChI is InChI=1S/C20H16N2O6S/c23-14-3-1-2-12(8-14)9-17-19(25)22(20(26)29-17)11-18(24)21-13-4-5-15-16(10-13)28-7-6-27-15/h1-5,8-10,23H,6-7,11H2,(H,21,24)/b17-9+. The second kappa shape index (κ2) is 7.88. The summed E-state index contributed by atoms with van der Waals surface area (Å²) in [5.41, 5.74) is 1.05. The Bertz CT molecular complexity index is 1040. The molecule has 0 saturated carbocycles. The number of hydrogen-bond acceptors (Lipinski definition) is 7. The number of nitrogens with one attached hydrogen (secondary N) is 1. The van der Waals surface area contributed by atoms with Crippen molar-refractivity contribution >= 4 is 40.6 Å². The second-order valence-corrected chi connectivity index (χ2v) is 7.26. The minimum absolute atomic E-state index is 0.0526. The Labute approximate surface area is 170 Å². The number of imide groups is 1. The molecule has 2 N–H and O–H groups in total. The first kappa shape index (κ1) is 18.9. The molecule has 1 fully saturated rings. The van der Waals surface area contributed by atoms with Crippen molar-refractivity contribution in [3.8, 4) is 17.2 Å². The zero-order valence-corrected chi connectivity index (χ0v) is 15.9. The van der Waals surface area contributed by atoms with Crippen LogP contribution in [0.2, 0.25) is 0 Å². The number of ether oxygens (including phenoxy) is 2. The first-order chi connectivity index (χ1) is 14.0. The maximum Gasteiger partial charge on any atom is 0.294 e. The number of benzene rings is 2. The average molecular weight is 412 g/mol. The number of aromatic hydroxyl groups is 1. The Hall–Kier alpha value is -3.46. The van der Waals surface area contributed by atoms with E-state index in [1.54, 1.807) is 30.3 Å². The summed E-state index contributed by atoms with van der Waals surface area (Å²) in [6.45, 7) is 0.483. The molecule has 2 heterocycles. The molecule has 0 spiro atoms. The number of anilines is 1. The van der Waals surface area contributed by atoms with Crippen molar-refractivity contribution < 1.29 is 29.0 Å². The molecule has 9 heteroatoms. The van der Waals surface area contributed by atoms with E-state index in [2.05, 4.69) is 5.32 Å². The lowest BCUT2D eigenvalue weighted by Crippen LogP contribution is -2.36. The zero-order valence-electron chi connectivity index (χ0n) is 15.1. The van der Waals surface area contributed by atoms with Crippen molar-refractivity contribution in [1.82, 2.24) is 4.90 Å². The van der Waals surface area contributed by atoms with E-state index >= 15 is 0 Å². The number of rotatable bonds is 4. The summed E-state index contributed by atoms with van der Waals surface area (Å²) in [6, 6.07) is 11.3. The Morgan fingerprint density at radius 2 is 1.93 bits per heavy atom. The van der Waals surface area contributed by atoms with Crippen molar-refractivity contribution in [2.75, 3.05) is 25.1 Å². The topological polar surface area (TPSA) is 105 Å². The molecule has 4 rings (SSSR count). The molecule has 0 atom stereocenters. The number of hydrogen-bond donors (Lipinski definition) is 2. The summed E-state index contributed by atoms with van der Waals surface area (Å²) in [7, 11) is 0. The fourth-order valence-electron chi connectivity index (χ4n) is 2.87. The number of phenols is 1. The lowest BCUT2D eigenvalue weighted by Gasteiger charge is -2.19. The van der Waals surface area contributed by atoms with Crippen molar-refractivity contribution in [2.45, 2.75) is 0 Å². The highest BCUT2D eigenvalue weighted by Crippen LogP contribution is 2.34. The van der Waals surface area contributed by atoms with E-state index in [1.807, 2.05) is 0 Å². The molecule has 0 radical (unpaired) electrons. The van der Waals surface area contributed by atoms with Crippen LogP contribution in [-0.2, 0) is 9.59 Å². The largest absolute Gasteiger partial charge is 0.508 e. The predicted octanol–water partition coefficient (Wildman–Crippen LogP) is 2.84. The zero-order chi connectivity index (χ0) is 20.4. The molecule has 1 saturated heterocycles. The number of carbonyl (C=O) groups excluding carboxylic acids is 3. The smallest absolute Gasteiger partial charge is 0.294 e. The van der Waals surface area contributed by atoms with Gasteiger partial charge in [-0.3, -0.25) is 19.3 Å². The van der Waals surface area contributed by atoms with Gasteiger partial charge in [0.2, 0.25) is 5.91 Å². The molecular formula is C20H16N2O6S. The molecule has 0 bridgehead atoms. The molecule has 8 nitrogen and oxygen atoms in total. The Balaban J connectivity index is 1.43. The van der Waals surface area contributed by atoms with Gasteiger partial charge in [0.15, 0.2) is 11.5 Å². The van der Waals surface area contributed by atoms with Crippen molar-refractivity contribution in [3.63, 3.8) is 0 Å². The SMILES string of the molecule is O=C(CN1C(=O)S/C(=C/c2cccc(O)c2)C1=O)Nc1ccc2c(c1)OCCO2. The van der Waals surface area contributed by atoms with Gasteiger partial charge in [-0.15, -0.1) is 0 Å². The minimum Gasteiger partial charge on any atom is -0.508 e. The molecule has 0 aliphatic carbocycles. The van der Waals surface area contributed by atoms with Gasteiger partial charge >= 0.3 is 0 Å². The van der Waals surface area contributed by atoms with Gasteiger partial charge < -0.3 is 19.9 Å². The fourth-order valence-corrected chi connectivity index (χ4v) is 3.71. The highest BCUT2D eigenvalue weighted by atomic mass is 32.2. The number of fused-ring (bicyclic) bond motifs is 1. The van der Waals surface area contributed by atoms with E-state index in [4.69, 9.17) is 9.47 Å². The lowest BCUT2D eigenvalue weighted by atomic mass is 10.2. The van der Waals surface area contributed by atoms with Gasteiger partial charge in [-0.1, -0.05) is 12.1 Å². The van der Waals surface area contributed by atoms with Crippen molar-refractivity contribution in [3.05, 3.63) is 52.9 Å². The van der Waals surface area contributed by atoms with Gasteiger partial charge in [-0.25, -0.2) is 0 Å². The van der Waals surface area contributed by atoms with E-state index in [9.17, 15) is 19.5 Å².